The van der Waals surface area contributed by atoms with Gasteiger partial charge in [-0.1, -0.05) is 26.0 Å². The van der Waals surface area contributed by atoms with Crippen LogP contribution in [0.25, 0.3) is 0 Å². The van der Waals surface area contributed by atoms with Gasteiger partial charge in [0.2, 0.25) is 15.9 Å². The molecule has 1 fully saturated rings. The smallest absolute Gasteiger partial charge is 0.244 e. The van der Waals surface area contributed by atoms with Crippen LogP contribution in [-0.4, -0.2) is 51.6 Å². The van der Waals surface area contributed by atoms with Crippen molar-refractivity contribution in [2.75, 3.05) is 26.3 Å². The van der Waals surface area contributed by atoms with Gasteiger partial charge in [0, 0.05) is 13.1 Å². The molecule has 2 rings (SSSR count). The highest BCUT2D eigenvalue weighted by Crippen LogP contribution is 2.16. The summed E-state index contributed by atoms with van der Waals surface area (Å²) < 4.78 is 46.1. The Morgan fingerprint density at radius 3 is 2.43 bits per heavy atom. The fraction of sp³-hybridized carbons (Fsp3) is 0.533. The Morgan fingerprint density at radius 1 is 1.26 bits per heavy atom. The summed E-state index contributed by atoms with van der Waals surface area (Å²) in [7, 11) is -4.12. The molecule has 0 radical (unpaired) electrons. The fourth-order valence-electron chi connectivity index (χ4n) is 2.35. The Bertz CT molecular complexity index is 657. The van der Waals surface area contributed by atoms with Crippen LogP contribution < -0.4 is 4.72 Å². The molecule has 1 aromatic rings. The van der Waals surface area contributed by atoms with Crippen LogP contribution in [0.2, 0.25) is 0 Å². The van der Waals surface area contributed by atoms with E-state index in [4.69, 9.17) is 4.74 Å². The molecule has 1 aromatic carbocycles. The van der Waals surface area contributed by atoms with Crippen LogP contribution in [0.4, 0.5) is 4.39 Å². The number of halogens is 1. The van der Waals surface area contributed by atoms with Crippen molar-refractivity contribution in [3.63, 3.8) is 0 Å². The number of hydrogen-bond acceptors (Lipinski definition) is 4. The summed E-state index contributed by atoms with van der Waals surface area (Å²) in [6.07, 6.45) is 0. The van der Waals surface area contributed by atoms with Gasteiger partial charge in [0.15, 0.2) is 0 Å². The van der Waals surface area contributed by atoms with E-state index >= 15 is 0 Å². The van der Waals surface area contributed by atoms with E-state index in [0.717, 1.165) is 6.07 Å². The number of carbonyl (C=O) groups excluding carboxylic acids is 1. The van der Waals surface area contributed by atoms with Crippen LogP contribution in [0, 0.1) is 11.7 Å². The second-order valence-corrected chi connectivity index (χ2v) is 7.39. The van der Waals surface area contributed by atoms with Gasteiger partial charge in [-0.05, 0) is 18.1 Å². The maximum absolute atomic E-state index is 13.8. The van der Waals surface area contributed by atoms with Gasteiger partial charge in [0.05, 0.1) is 13.2 Å². The van der Waals surface area contributed by atoms with Gasteiger partial charge < -0.3 is 9.64 Å². The maximum atomic E-state index is 13.8. The molecule has 1 N–H and O–H groups in total. The first kappa shape index (κ1) is 17.8. The van der Waals surface area contributed by atoms with Crippen molar-refractivity contribution in [1.29, 1.82) is 0 Å². The quantitative estimate of drug-likeness (QED) is 0.864. The maximum Gasteiger partial charge on any atom is 0.244 e. The third kappa shape index (κ3) is 4.27. The van der Waals surface area contributed by atoms with Gasteiger partial charge in [0.1, 0.15) is 16.8 Å². The van der Waals surface area contributed by atoms with E-state index in [0.29, 0.717) is 26.3 Å². The number of nitrogens with zero attached hydrogens (tertiary/aromatic N) is 1. The third-order valence-electron chi connectivity index (χ3n) is 3.66. The molecule has 6 nitrogen and oxygen atoms in total. The van der Waals surface area contributed by atoms with E-state index in [2.05, 4.69) is 4.72 Å². The van der Waals surface area contributed by atoms with Crippen molar-refractivity contribution in [2.45, 2.75) is 24.8 Å². The Balaban J connectivity index is 2.22. The summed E-state index contributed by atoms with van der Waals surface area (Å²) in [6, 6.07) is 4.15. The Hall–Kier alpha value is -1.51. The molecule has 0 aromatic heterocycles. The minimum Gasteiger partial charge on any atom is -0.378 e. The standard InChI is InChI=1S/C15H21FN2O4S/c1-11(2)14(15(19)18-7-9-22-10-8-18)17-23(20,21)13-6-4-3-5-12(13)16/h3-6,11,14,17H,7-10H2,1-2H3. The van der Waals surface area contributed by atoms with Gasteiger partial charge in [-0.15, -0.1) is 0 Å². The first-order valence-corrected chi connectivity index (χ1v) is 8.94. The number of carbonyl (C=O) groups is 1. The largest absolute Gasteiger partial charge is 0.378 e. The second kappa shape index (κ2) is 7.37. The molecule has 0 aliphatic carbocycles. The van der Waals surface area contributed by atoms with Crippen molar-refractivity contribution in [1.82, 2.24) is 9.62 Å². The molecule has 1 amide bonds. The third-order valence-corrected chi connectivity index (χ3v) is 5.14. The first-order chi connectivity index (χ1) is 10.8. The number of nitrogens with one attached hydrogen (secondary N) is 1. The minimum absolute atomic E-state index is 0.271. The van der Waals surface area contributed by atoms with Crippen LogP contribution >= 0.6 is 0 Å². The lowest BCUT2D eigenvalue weighted by Gasteiger charge is -2.32. The van der Waals surface area contributed by atoms with Crippen LogP contribution in [0.5, 0.6) is 0 Å². The number of rotatable bonds is 5. The predicted octanol–water partition coefficient (Wildman–Crippen LogP) is 0.987. The van der Waals surface area contributed by atoms with Gasteiger partial charge in [-0.2, -0.15) is 4.72 Å². The average molecular weight is 344 g/mol. The lowest BCUT2D eigenvalue weighted by molar-refractivity contribution is -0.138. The highest BCUT2D eigenvalue weighted by atomic mass is 32.2. The number of hydrogen-bond donors (Lipinski definition) is 1. The van der Waals surface area contributed by atoms with Crippen molar-refractivity contribution in [3.05, 3.63) is 30.1 Å². The van der Waals surface area contributed by atoms with Crippen molar-refractivity contribution in [2.24, 2.45) is 5.92 Å². The van der Waals surface area contributed by atoms with Gasteiger partial charge >= 0.3 is 0 Å². The zero-order valence-corrected chi connectivity index (χ0v) is 14.0. The predicted molar refractivity (Wildman–Crippen MR) is 82.7 cm³/mol. The second-order valence-electron chi connectivity index (χ2n) is 5.71. The molecule has 1 unspecified atom stereocenters. The fourth-order valence-corrected chi connectivity index (χ4v) is 3.76. The molecule has 0 saturated carbocycles. The molecule has 1 saturated heterocycles. The molecule has 0 spiro atoms. The molecule has 1 aliphatic rings. The van der Waals surface area contributed by atoms with Gasteiger partial charge in [0.25, 0.3) is 0 Å². The lowest BCUT2D eigenvalue weighted by Crippen LogP contribution is -2.53. The summed E-state index contributed by atoms with van der Waals surface area (Å²) in [5.41, 5.74) is 0. The number of morpholine rings is 1. The van der Waals surface area contributed by atoms with Crippen molar-refractivity contribution in [3.8, 4) is 0 Å². The minimum atomic E-state index is -4.12. The number of sulfonamides is 1. The van der Waals surface area contributed by atoms with E-state index in [-0.39, 0.29) is 11.8 Å². The summed E-state index contributed by atoms with van der Waals surface area (Å²) in [5.74, 6) is -1.43. The number of benzene rings is 1. The summed E-state index contributed by atoms with van der Waals surface area (Å²) in [5, 5.41) is 0. The molecule has 8 heteroatoms. The first-order valence-electron chi connectivity index (χ1n) is 7.46. The highest BCUT2D eigenvalue weighted by molar-refractivity contribution is 7.89. The van der Waals surface area contributed by atoms with Crippen LogP contribution in [0.15, 0.2) is 29.2 Å². The van der Waals surface area contributed by atoms with E-state index in [9.17, 15) is 17.6 Å². The van der Waals surface area contributed by atoms with Gasteiger partial charge in [-0.25, -0.2) is 12.8 Å². The Labute approximate surface area is 135 Å². The molecule has 23 heavy (non-hydrogen) atoms. The van der Waals surface area contributed by atoms with E-state index in [1.54, 1.807) is 18.7 Å². The molecule has 1 aliphatic heterocycles. The van der Waals surface area contributed by atoms with Crippen molar-refractivity contribution < 1.29 is 22.3 Å². The highest BCUT2D eigenvalue weighted by Gasteiger charge is 2.33. The Morgan fingerprint density at radius 2 is 1.87 bits per heavy atom. The van der Waals surface area contributed by atoms with E-state index in [1.807, 2.05) is 0 Å². The summed E-state index contributed by atoms with van der Waals surface area (Å²) in [6.45, 7) is 5.18. The topological polar surface area (TPSA) is 75.7 Å². The molecule has 1 atom stereocenters. The normalized spacial score (nSPS) is 17.3. The molecule has 128 valence electrons. The summed E-state index contributed by atoms with van der Waals surface area (Å²) >= 11 is 0. The van der Waals surface area contributed by atoms with E-state index < -0.39 is 26.8 Å². The SMILES string of the molecule is CC(C)C(NS(=O)(=O)c1ccccc1F)C(=O)N1CCOCC1. The zero-order chi connectivity index (χ0) is 17.0. The van der Waals surface area contributed by atoms with Crippen LogP contribution in [0.1, 0.15) is 13.8 Å². The number of ether oxygens (including phenoxy) is 1. The Kier molecular flexibility index (Phi) is 5.72. The van der Waals surface area contributed by atoms with Crippen LogP contribution in [-0.2, 0) is 19.6 Å². The average Bonchev–Trinajstić information content (AvgIpc) is 2.53. The molecular formula is C15H21FN2O4S. The molecule has 1 heterocycles. The zero-order valence-electron chi connectivity index (χ0n) is 13.2. The van der Waals surface area contributed by atoms with Gasteiger partial charge in [-0.3, -0.25) is 4.79 Å². The van der Waals surface area contributed by atoms with Crippen molar-refractivity contribution >= 4 is 15.9 Å². The van der Waals surface area contributed by atoms with E-state index in [1.165, 1.54) is 18.2 Å². The molecule has 0 bridgehead atoms. The molecular weight excluding hydrogens is 323 g/mol. The lowest BCUT2D eigenvalue weighted by atomic mass is 10.0. The monoisotopic (exact) mass is 344 g/mol. The number of amides is 1. The summed E-state index contributed by atoms with van der Waals surface area (Å²) in [4.78, 5) is 13.7. The van der Waals surface area contributed by atoms with Crippen LogP contribution in [0.3, 0.4) is 0 Å².